The van der Waals surface area contributed by atoms with Gasteiger partial charge in [0.1, 0.15) is 19.3 Å². The summed E-state index contributed by atoms with van der Waals surface area (Å²) in [5.74, 6) is 0.600. The SMILES string of the molecule is CCN(CC(=O)Nc1ccc2c(c1)OCCO2)C(=O)C(N)COC. The molecule has 132 valence electrons. The van der Waals surface area contributed by atoms with Crippen LogP contribution in [0.1, 0.15) is 6.92 Å². The van der Waals surface area contributed by atoms with Gasteiger partial charge in [0.2, 0.25) is 11.8 Å². The number of hydrogen-bond acceptors (Lipinski definition) is 6. The maximum atomic E-state index is 12.2. The zero-order chi connectivity index (χ0) is 17.5. The third-order valence-corrected chi connectivity index (χ3v) is 3.52. The molecule has 0 bridgehead atoms. The molecule has 8 heteroatoms. The van der Waals surface area contributed by atoms with Gasteiger partial charge in [-0.1, -0.05) is 0 Å². The van der Waals surface area contributed by atoms with E-state index >= 15 is 0 Å². The first-order chi connectivity index (χ1) is 11.5. The summed E-state index contributed by atoms with van der Waals surface area (Å²) in [6, 6.07) is 4.37. The summed E-state index contributed by atoms with van der Waals surface area (Å²) in [7, 11) is 1.47. The molecule has 0 fully saturated rings. The summed E-state index contributed by atoms with van der Waals surface area (Å²) in [5.41, 5.74) is 6.31. The zero-order valence-corrected chi connectivity index (χ0v) is 13.9. The summed E-state index contributed by atoms with van der Waals surface area (Å²) in [4.78, 5) is 25.7. The smallest absolute Gasteiger partial charge is 0.243 e. The molecule has 1 atom stereocenters. The van der Waals surface area contributed by atoms with E-state index < -0.39 is 6.04 Å². The lowest BCUT2D eigenvalue weighted by molar-refractivity contribution is -0.136. The first kappa shape index (κ1) is 18.0. The van der Waals surface area contributed by atoms with Gasteiger partial charge in [-0.3, -0.25) is 9.59 Å². The third kappa shape index (κ3) is 4.59. The van der Waals surface area contributed by atoms with Crippen molar-refractivity contribution in [2.24, 2.45) is 5.73 Å². The van der Waals surface area contributed by atoms with E-state index in [1.165, 1.54) is 12.0 Å². The van der Waals surface area contributed by atoms with Crippen molar-refractivity contribution in [1.29, 1.82) is 0 Å². The molecule has 0 spiro atoms. The summed E-state index contributed by atoms with van der Waals surface area (Å²) in [6.07, 6.45) is 0. The Morgan fingerprint density at radius 2 is 2.04 bits per heavy atom. The van der Waals surface area contributed by atoms with Gasteiger partial charge in [-0.05, 0) is 19.1 Å². The molecule has 1 unspecified atom stereocenters. The standard InChI is InChI=1S/C16H23N3O5/c1-3-19(16(21)12(17)10-22-2)9-15(20)18-11-4-5-13-14(8-11)24-7-6-23-13/h4-5,8,12H,3,6-7,9-10,17H2,1-2H3,(H,18,20). The Hall–Kier alpha value is -2.32. The number of likely N-dealkylation sites (N-methyl/N-ethyl adjacent to an activating group) is 1. The first-order valence-electron chi connectivity index (χ1n) is 7.78. The largest absolute Gasteiger partial charge is 0.486 e. The van der Waals surface area contributed by atoms with Crippen LogP contribution in [0.4, 0.5) is 5.69 Å². The van der Waals surface area contributed by atoms with Crippen molar-refractivity contribution in [2.45, 2.75) is 13.0 Å². The molecule has 0 radical (unpaired) electrons. The zero-order valence-electron chi connectivity index (χ0n) is 13.9. The van der Waals surface area contributed by atoms with Crippen LogP contribution in [-0.4, -0.2) is 62.8 Å². The van der Waals surface area contributed by atoms with E-state index in [-0.39, 0.29) is 25.0 Å². The number of benzene rings is 1. The normalized spacial score (nSPS) is 14.0. The van der Waals surface area contributed by atoms with Crippen molar-refractivity contribution in [3.05, 3.63) is 18.2 Å². The number of carbonyl (C=O) groups excluding carboxylic acids is 2. The van der Waals surface area contributed by atoms with E-state index in [1.54, 1.807) is 25.1 Å². The maximum Gasteiger partial charge on any atom is 0.243 e. The van der Waals surface area contributed by atoms with Crippen LogP contribution in [0, 0.1) is 0 Å². The Balaban J connectivity index is 1.95. The third-order valence-electron chi connectivity index (χ3n) is 3.52. The van der Waals surface area contributed by atoms with E-state index in [0.29, 0.717) is 36.9 Å². The number of carbonyl (C=O) groups is 2. The minimum Gasteiger partial charge on any atom is -0.486 e. The second kappa shape index (κ2) is 8.51. The summed E-state index contributed by atoms with van der Waals surface area (Å²) in [6.45, 7) is 3.17. The Kier molecular flexibility index (Phi) is 6.39. The van der Waals surface area contributed by atoms with Crippen LogP contribution < -0.4 is 20.5 Å². The maximum absolute atomic E-state index is 12.2. The van der Waals surface area contributed by atoms with E-state index in [4.69, 9.17) is 19.9 Å². The molecule has 1 heterocycles. The molecule has 1 aliphatic heterocycles. The molecule has 2 amide bonds. The number of hydrogen-bond donors (Lipinski definition) is 2. The van der Waals surface area contributed by atoms with Crippen LogP contribution >= 0.6 is 0 Å². The Morgan fingerprint density at radius 3 is 2.71 bits per heavy atom. The highest BCUT2D eigenvalue weighted by Crippen LogP contribution is 2.32. The van der Waals surface area contributed by atoms with Crippen LogP contribution in [0.2, 0.25) is 0 Å². The molecule has 1 aromatic carbocycles. The number of methoxy groups -OCH3 is 1. The van der Waals surface area contributed by atoms with Crippen LogP contribution in [0.15, 0.2) is 18.2 Å². The predicted molar refractivity (Wildman–Crippen MR) is 88.2 cm³/mol. The van der Waals surface area contributed by atoms with E-state index in [0.717, 1.165) is 0 Å². The van der Waals surface area contributed by atoms with E-state index in [9.17, 15) is 9.59 Å². The van der Waals surface area contributed by atoms with Gasteiger partial charge in [-0.25, -0.2) is 0 Å². The van der Waals surface area contributed by atoms with Crippen LogP contribution in [-0.2, 0) is 14.3 Å². The lowest BCUT2D eigenvalue weighted by Gasteiger charge is -2.23. The van der Waals surface area contributed by atoms with Crippen molar-refractivity contribution in [1.82, 2.24) is 4.90 Å². The number of nitrogens with zero attached hydrogens (tertiary/aromatic N) is 1. The lowest BCUT2D eigenvalue weighted by Crippen LogP contribution is -2.48. The van der Waals surface area contributed by atoms with E-state index in [1.807, 2.05) is 0 Å². The average molecular weight is 337 g/mol. The second-order valence-corrected chi connectivity index (χ2v) is 5.32. The molecule has 0 aromatic heterocycles. The fraction of sp³-hybridized carbons (Fsp3) is 0.500. The van der Waals surface area contributed by atoms with Crippen LogP contribution in [0.25, 0.3) is 0 Å². The molecule has 0 saturated heterocycles. The molecular weight excluding hydrogens is 314 g/mol. The topological polar surface area (TPSA) is 103 Å². The van der Waals surface area contributed by atoms with Gasteiger partial charge in [0.15, 0.2) is 11.5 Å². The number of rotatable bonds is 7. The molecule has 1 aromatic rings. The average Bonchev–Trinajstić information content (AvgIpc) is 2.59. The Bertz CT molecular complexity index is 593. The molecule has 0 saturated carbocycles. The molecule has 3 N–H and O–H groups in total. The van der Waals surface area contributed by atoms with Crippen LogP contribution in [0.3, 0.4) is 0 Å². The van der Waals surface area contributed by atoms with Gasteiger partial charge in [0.25, 0.3) is 0 Å². The molecule has 1 aliphatic rings. The van der Waals surface area contributed by atoms with E-state index in [2.05, 4.69) is 5.32 Å². The van der Waals surface area contributed by atoms with Crippen molar-refractivity contribution < 1.29 is 23.8 Å². The van der Waals surface area contributed by atoms with Crippen LogP contribution in [0.5, 0.6) is 11.5 Å². The lowest BCUT2D eigenvalue weighted by atomic mass is 10.2. The number of anilines is 1. The number of nitrogens with one attached hydrogen (secondary N) is 1. The van der Waals surface area contributed by atoms with Crippen molar-refractivity contribution in [2.75, 3.05) is 45.3 Å². The quantitative estimate of drug-likeness (QED) is 0.738. The second-order valence-electron chi connectivity index (χ2n) is 5.32. The summed E-state index contributed by atoms with van der Waals surface area (Å²) in [5, 5.41) is 2.74. The number of fused-ring (bicyclic) bond motifs is 1. The minimum atomic E-state index is -0.781. The highest BCUT2D eigenvalue weighted by Gasteiger charge is 2.22. The monoisotopic (exact) mass is 337 g/mol. The van der Waals surface area contributed by atoms with Crippen molar-refractivity contribution in [3.63, 3.8) is 0 Å². The molecule has 24 heavy (non-hydrogen) atoms. The predicted octanol–water partition coefficient (Wildman–Crippen LogP) is 0.219. The van der Waals surface area contributed by atoms with Gasteiger partial charge in [-0.2, -0.15) is 0 Å². The Labute approximate surface area is 140 Å². The summed E-state index contributed by atoms with van der Waals surface area (Å²) >= 11 is 0. The highest BCUT2D eigenvalue weighted by atomic mass is 16.6. The minimum absolute atomic E-state index is 0.0822. The van der Waals surface area contributed by atoms with Gasteiger partial charge < -0.3 is 30.2 Å². The molecular formula is C16H23N3O5. The van der Waals surface area contributed by atoms with Crippen molar-refractivity contribution >= 4 is 17.5 Å². The summed E-state index contributed by atoms with van der Waals surface area (Å²) < 4.78 is 15.8. The highest BCUT2D eigenvalue weighted by molar-refractivity contribution is 5.95. The number of ether oxygens (including phenoxy) is 3. The van der Waals surface area contributed by atoms with Gasteiger partial charge in [-0.15, -0.1) is 0 Å². The van der Waals surface area contributed by atoms with Gasteiger partial charge in [0, 0.05) is 25.4 Å². The first-order valence-corrected chi connectivity index (χ1v) is 7.78. The Morgan fingerprint density at radius 1 is 1.33 bits per heavy atom. The molecule has 2 rings (SSSR count). The van der Waals surface area contributed by atoms with Gasteiger partial charge >= 0.3 is 0 Å². The number of nitrogens with two attached hydrogens (primary N) is 1. The van der Waals surface area contributed by atoms with Crippen molar-refractivity contribution in [3.8, 4) is 11.5 Å². The number of amides is 2. The molecule has 0 aliphatic carbocycles. The fourth-order valence-electron chi connectivity index (χ4n) is 2.33. The van der Waals surface area contributed by atoms with Gasteiger partial charge in [0.05, 0.1) is 13.2 Å². The fourth-order valence-corrected chi connectivity index (χ4v) is 2.33. The molecule has 8 nitrogen and oxygen atoms in total.